The number of nitrogens with one attached hydrogen (secondary N) is 2. The minimum atomic E-state index is -1.30. The van der Waals surface area contributed by atoms with Gasteiger partial charge in [-0.25, -0.2) is 4.79 Å². The molecule has 0 bridgehead atoms. The molecule has 4 unspecified atom stereocenters. The second-order valence-electron chi connectivity index (χ2n) is 8.06. The van der Waals surface area contributed by atoms with E-state index >= 15 is 0 Å². The van der Waals surface area contributed by atoms with E-state index in [1.165, 1.54) is 0 Å². The third-order valence-corrected chi connectivity index (χ3v) is 5.53. The van der Waals surface area contributed by atoms with Crippen molar-refractivity contribution in [2.24, 2.45) is 5.73 Å². The predicted molar refractivity (Wildman–Crippen MR) is 118 cm³/mol. The van der Waals surface area contributed by atoms with Crippen LogP contribution in [0, 0.1) is 0 Å². The molecule has 1 aromatic carbocycles. The van der Waals surface area contributed by atoms with E-state index < -0.39 is 66.9 Å². The summed E-state index contributed by atoms with van der Waals surface area (Å²) in [4.78, 5) is 62.2. The van der Waals surface area contributed by atoms with Gasteiger partial charge >= 0.3 is 11.9 Å². The predicted octanol–water partition coefficient (Wildman–Crippen LogP) is -1.54. The number of nitrogens with zero attached hydrogens (tertiary/aromatic N) is 1. The first-order chi connectivity index (χ1) is 16.1. The number of carbonyl (C=O) groups excluding carboxylic acids is 3. The second kappa shape index (κ2) is 12.7. The fourth-order valence-corrected chi connectivity index (χ4v) is 3.71. The lowest BCUT2D eigenvalue weighted by atomic mass is 10.0. The molecule has 1 saturated heterocycles. The third kappa shape index (κ3) is 7.52. The molecule has 1 aliphatic rings. The molecule has 0 saturated carbocycles. The zero-order valence-corrected chi connectivity index (χ0v) is 18.6. The fourth-order valence-electron chi connectivity index (χ4n) is 3.71. The van der Waals surface area contributed by atoms with Crippen LogP contribution in [0.25, 0.3) is 0 Å². The summed E-state index contributed by atoms with van der Waals surface area (Å²) >= 11 is 0. The van der Waals surface area contributed by atoms with Gasteiger partial charge in [0.05, 0.1) is 6.61 Å². The highest BCUT2D eigenvalue weighted by Crippen LogP contribution is 2.20. The van der Waals surface area contributed by atoms with E-state index in [-0.39, 0.29) is 25.8 Å². The Hall–Kier alpha value is -3.51. The number of aliphatic hydroxyl groups is 1. The van der Waals surface area contributed by atoms with Crippen LogP contribution in [-0.4, -0.2) is 87.2 Å². The molecule has 4 atom stereocenters. The molecule has 1 aromatic rings. The maximum absolute atomic E-state index is 13.1. The highest BCUT2D eigenvalue weighted by atomic mass is 16.4. The molecule has 186 valence electrons. The molecular weight excluding hydrogens is 448 g/mol. The van der Waals surface area contributed by atoms with Crippen LogP contribution in [0.1, 0.15) is 31.2 Å². The molecule has 7 N–H and O–H groups in total. The molecule has 0 spiro atoms. The number of likely N-dealkylation sites (tertiary alicyclic amines) is 1. The van der Waals surface area contributed by atoms with Gasteiger partial charge in [0.2, 0.25) is 17.7 Å². The quantitative estimate of drug-likeness (QED) is 0.206. The molecule has 1 heterocycles. The highest BCUT2D eigenvalue weighted by Gasteiger charge is 2.38. The fraction of sp³-hybridized carbons (Fsp3) is 0.500. The van der Waals surface area contributed by atoms with Crippen LogP contribution < -0.4 is 16.4 Å². The Labute approximate surface area is 196 Å². The Morgan fingerprint density at radius 3 is 2.26 bits per heavy atom. The molecule has 0 aromatic heterocycles. The minimum Gasteiger partial charge on any atom is -0.481 e. The lowest BCUT2D eigenvalue weighted by Gasteiger charge is -2.28. The summed E-state index contributed by atoms with van der Waals surface area (Å²) in [6.07, 6.45) is 0.0661. The zero-order valence-electron chi connectivity index (χ0n) is 18.6. The van der Waals surface area contributed by atoms with Gasteiger partial charge in [-0.05, 0) is 24.8 Å². The van der Waals surface area contributed by atoms with E-state index in [1.54, 1.807) is 30.3 Å². The van der Waals surface area contributed by atoms with E-state index in [2.05, 4.69) is 10.6 Å². The number of rotatable bonds is 12. The molecule has 1 aliphatic heterocycles. The van der Waals surface area contributed by atoms with Crippen molar-refractivity contribution in [2.75, 3.05) is 13.2 Å². The van der Waals surface area contributed by atoms with Gasteiger partial charge in [-0.2, -0.15) is 0 Å². The van der Waals surface area contributed by atoms with Crippen molar-refractivity contribution in [3.8, 4) is 0 Å². The number of carboxylic acids is 2. The van der Waals surface area contributed by atoms with E-state index in [0.717, 1.165) is 4.90 Å². The van der Waals surface area contributed by atoms with Gasteiger partial charge < -0.3 is 36.6 Å². The SMILES string of the molecule is NC(CO)C(=O)NC(Cc1ccccc1)C(=O)NC(CCC(=O)O)C(=O)N1CCCC1C(=O)O. The van der Waals surface area contributed by atoms with E-state index in [4.69, 9.17) is 15.9 Å². The van der Waals surface area contributed by atoms with E-state index in [0.29, 0.717) is 12.0 Å². The topological polar surface area (TPSA) is 199 Å². The lowest BCUT2D eigenvalue weighted by molar-refractivity contribution is -0.150. The summed E-state index contributed by atoms with van der Waals surface area (Å²) in [5.41, 5.74) is 6.23. The summed E-state index contributed by atoms with van der Waals surface area (Å²) in [7, 11) is 0. The maximum Gasteiger partial charge on any atom is 0.326 e. The average molecular weight is 479 g/mol. The van der Waals surface area contributed by atoms with Gasteiger partial charge in [0.25, 0.3) is 0 Å². The lowest BCUT2D eigenvalue weighted by Crippen LogP contribution is -2.58. The molecule has 0 radical (unpaired) electrons. The molecule has 1 fully saturated rings. The second-order valence-corrected chi connectivity index (χ2v) is 8.06. The first-order valence-corrected chi connectivity index (χ1v) is 10.9. The smallest absolute Gasteiger partial charge is 0.326 e. The van der Waals surface area contributed by atoms with Gasteiger partial charge in [0.15, 0.2) is 0 Å². The molecule has 3 amide bonds. The normalized spacial score (nSPS) is 17.9. The molecular formula is C22H30N4O8. The Morgan fingerprint density at radius 1 is 1.03 bits per heavy atom. The van der Waals surface area contributed by atoms with Crippen LogP contribution in [0.5, 0.6) is 0 Å². The van der Waals surface area contributed by atoms with Crippen LogP contribution in [0.2, 0.25) is 0 Å². The van der Waals surface area contributed by atoms with Crippen molar-refractivity contribution < 1.29 is 39.3 Å². The van der Waals surface area contributed by atoms with Gasteiger partial charge in [-0.15, -0.1) is 0 Å². The summed E-state index contributed by atoms with van der Waals surface area (Å²) in [5.74, 6) is -4.61. The highest BCUT2D eigenvalue weighted by molar-refractivity contribution is 5.94. The number of benzene rings is 1. The number of hydrogen-bond donors (Lipinski definition) is 6. The first-order valence-electron chi connectivity index (χ1n) is 10.9. The molecule has 12 nitrogen and oxygen atoms in total. The van der Waals surface area contributed by atoms with Crippen molar-refractivity contribution in [3.05, 3.63) is 35.9 Å². The summed E-state index contributed by atoms with van der Waals surface area (Å²) in [6, 6.07) is 3.91. The average Bonchev–Trinajstić information content (AvgIpc) is 3.31. The van der Waals surface area contributed by atoms with Gasteiger partial charge in [0, 0.05) is 19.4 Å². The Bertz CT molecular complexity index is 894. The van der Waals surface area contributed by atoms with Crippen molar-refractivity contribution in [3.63, 3.8) is 0 Å². The number of aliphatic hydroxyl groups excluding tert-OH is 1. The summed E-state index contributed by atoms with van der Waals surface area (Å²) < 4.78 is 0. The monoisotopic (exact) mass is 478 g/mol. The zero-order chi connectivity index (χ0) is 25.3. The number of hydrogen-bond acceptors (Lipinski definition) is 7. The maximum atomic E-state index is 13.1. The van der Waals surface area contributed by atoms with Crippen LogP contribution in [0.3, 0.4) is 0 Å². The number of aliphatic carboxylic acids is 2. The van der Waals surface area contributed by atoms with Crippen LogP contribution in [0.15, 0.2) is 30.3 Å². The number of amides is 3. The Morgan fingerprint density at radius 2 is 1.68 bits per heavy atom. The molecule has 0 aliphatic carbocycles. The van der Waals surface area contributed by atoms with Gasteiger partial charge in [-0.3, -0.25) is 19.2 Å². The molecule has 34 heavy (non-hydrogen) atoms. The molecule has 12 heteroatoms. The van der Waals surface area contributed by atoms with E-state index in [1.807, 2.05) is 0 Å². The van der Waals surface area contributed by atoms with Crippen molar-refractivity contribution in [1.82, 2.24) is 15.5 Å². The number of carbonyl (C=O) groups is 5. The standard InChI is InChI=1S/C22H30N4O8/c23-14(12-27)19(30)25-16(11-13-5-2-1-3-6-13)20(31)24-15(8-9-18(28)29)21(32)26-10-4-7-17(26)22(33)34/h1-3,5-6,14-17,27H,4,7-12,23H2,(H,24,31)(H,25,30)(H,28,29)(H,33,34). The van der Waals surface area contributed by atoms with Crippen molar-refractivity contribution in [2.45, 2.75) is 56.3 Å². The van der Waals surface area contributed by atoms with Gasteiger partial charge in [0.1, 0.15) is 24.2 Å². The largest absolute Gasteiger partial charge is 0.481 e. The Balaban J connectivity index is 2.24. The number of nitrogens with two attached hydrogens (primary N) is 1. The van der Waals surface area contributed by atoms with Crippen molar-refractivity contribution >= 4 is 29.7 Å². The van der Waals surface area contributed by atoms with Crippen LogP contribution in [0.4, 0.5) is 0 Å². The Kier molecular flexibility index (Phi) is 9.95. The number of carboxylic acid groups (broad SMARTS) is 2. The molecule has 2 rings (SSSR count). The minimum absolute atomic E-state index is 0.0396. The van der Waals surface area contributed by atoms with Gasteiger partial charge in [-0.1, -0.05) is 30.3 Å². The van der Waals surface area contributed by atoms with E-state index in [9.17, 15) is 29.1 Å². The summed E-state index contributed by atoms with van der Waals surface area (Å²) in [6.45, 7) is -0.471. The van der Waals surface area contributed by atoms with Crippen LogP contribution in [-0.2, 0) is 30.4 Å². The summed E-state index contributed by atoms with van der Waals surface area (Å²) in [5, 5.41) is 32.5. The first kappa shape index (κ1) is 26.7. The van der Waals surface area contributed by atoms with Crippen molar-refractivity contribution in [1.29, 1.82) is 0 Å². The van der Waals surface area contributed by atoms with Crippen LogP contribution >= 0.6 is 0 Å². The third-order valence-electron chi connectivity index (χ3n) is 5.53.